The van der Waals surface area contributed by atoms with Gasteiger partial charge < -0.3 is 18.9 Å². The largest absolute Gasteiger partial charge is 0.462 e. The minimum Gasteiger partial charge on any atom is -0.462 e. The minimum absolute atomic E-state index is 0.00145. The van der Waals surface area contributed by atoms with E-state index in [2.05, 4.69) is 0 Å². The smallest absolute Gasteiger partial charge is 0.339 e. The second-order valence-corrected chi connectivity index (χ2v) is 8.15. The molecule has 0 spiro atoms. The van der Waals surface area contributed by atoms with Crippen molar-refractivity contribution in [3.05, 3.63) is 40.9 Å². The predicted molar refractivity (Wildman–Crippen MR) is 111 cm³/mol. The van der Waals surface area contributed by atoms with Gasteiger partial charge in [-0.1, -0.05) is 17.7 Å². The molecular weight excluding hydrogens is 458 g/mol. The Labute approximate surface area is 193 Å². The fourth-order valence-corrected chi connectivity index (χ4v) is 4.68. The molecule has 0 radical (unpaired) electrons. The van der Waals surface area contributed by atoms with E-state index in [-0.39, 0.29) is 22.9 Å². The molecule has 0 aliphatic carbocycles. The van der Waals surface area contributed by atoms with Gasteiger partial charge in [-0.15, -0.1) is 0 Å². The summed E-state index contributed by atoms with van der Waals surface area (Å²) >= 11 is 6.10. The molecule has 0 aromatic heterocycles. The van der Waals surface area contributed by atoms with Crippen LogP contribution in [0.4, 0.5) is 5.69 Å². The standard InChI is InChI=1S/C22H20ClNO9/c1-4-30-20(29)13-9-12(5-6-14(13)23)24-18(27)16-15-7-8-22(33-15,17(16)19(24)28)21(31-10(2)25)32-11(3)26/h5-9,15-17,21H,4H2,1-3H3/t15-,16+,17+,22+/m1/s1. The molecule has 174 valence electrons. The van der Waals surface area contributed by atoms with Crippen LogP contribution in [0.5, 0.6) is 0 Å². The van der Waals surface area contributed by atoms with E-state index in [0.29, 0.717) is 0 Å². The van der Waals surface area contributed by atoms with E-state index in [1.54, 1.807) is 13.0 Å². The highest BCUT2D eigenvalue weighted by molar-refractivity contribution is 6.34. The number of carbonyl (C=O) groups is 5. The van der Waals surface area contributed by atoms with Gasteiger partial charge in [0.25, 0.3) is 6.29 Å². The summed E-state index contributed by atoms with van der Waals surface area (Å²) in [6, 6.07) is 4.12. The number of esters is 3. The van der Waals surface area contributed by atoms with E-state index < -0.39 is 59.6 Å². The average Bonchev–Trinajstić information content (AvgIpc) is 3.39. The second kappa shape index (κ2) is 8.27. The van der Waals surface area contributed by atoms with Crippen LogP contribution < -0.4 is 4.90 Å². The van der Waals surface area contributed by atoms with Crippen molar-refractivity contribution in [2.45, 2.75) is 38.8 Å². The molecule has 3 heterocycles. The molecule has 0 N–H and O–H groups in total. The first-order valence-corrected chi connectivity index (χ1v) is 10.5. The Balaban J connectivity index is 1.73. The third-order valence-electron chi connectivity index (χ3n) is 5.70. The van der Waals surface area contributed by atoms with Gasteiger partial charge in [0.2, 0.25) is 11.8 Å². The first kappa shape index (κ1) is 22.9. The topological polar surface area (TPSA) is 126 Å². The van der Waals surface area contributed by atoms with Crippen molar-refractivity contribution < 1.29 is 42.9 Å². The number of benzene rings is 1. The Hall–Kier alpha value is -3.24. The third kappa shape index (κ3) is 3.59. The molecular formula is C22H20ClNO9. The van der Waals surface area contributed by atoms with Crippen LogP contribution in [0, 0.1) is 11.8 Å². The molecule has 4 rings (SSSR count). The van der Waals surface area contributed by atoms with Crippen LogP contribution in [0.3, 0.4) is 0 Å². The molecule has 1 aromatic rings. The molecule has 2 amide bonds. The van der Waals surface area contributed by atoms with Gasteiger partial charge >= 0.3 is 17.9 Å². The number of anilines is 1. The fourth-order valence-electron chi connectivity index (χ4n) is 4.49. The van der Waals surface area contributed by atoms with Crippen LogP contribution in [-0.4, -0.2) is 54.3 Å². The Kier molecular flexibility index (Phi) is 5.75. The van der Waals surface area contributed by atoms with Crippen molar-refractivity contribution >= 4 is 47.0 Å². The van der Waals surface area contributed by atoms with Crippen molar-refractivity contribution in [2.24, 2.45) is 11.8 Å². The summed E-state index contributed by atoms with van der Waals surface area (Å²) in [7, 11) is 0. The van der Waals surface area contributed by atoms with Crippen LogP contribution in [0.25, 0.3) is 0 Å². The predicted octanol–water partition coefficient (Wildman–Crippen LogP) is 1.78. The van der Waals surface area contributed by atoms with Crippen molar-refractivity contribution in [1.82, 2.24) is 0 Å². The molecule has 0 saturated carbocycles. The number of hydrogen-bond acceptors (Lipinski definition) is 9. The number of halogens is 1. The number of rotatable bonds is 6. The molecule has 4 atom stereocenters. The Morgan fingerprint density at radius 2 is 1.82 bits per heavy atom. The number of ether oxygens (including phenoxy) is 4. The summed E-state index contributed by atoms with van der Waals surface area (Å²) in [5, 5.41) is 0.0998. The highest BCUT2D eigenvalue weighted by atomic mass is 35.5. The van der Waals surface area contributed by atoms with Crippen molar-refractivity contribution in [3.8, 4) is 0 Å². The lowest BCUT2D eigenvalue weighted by atomic mass is 9.76. The van der Waals surface area contributed by atoms with E-state index >= 15 is 0 Å². The monoisotopic (exact) mass is 477 g/mol. The SMILES string of the molecule is CCOC(=O)c1cc(N2C(=O)[C@@H]3[C@@H](C2=O)[C@]2(C(OC(C)=O)OC(C)=O)C=C[C@H]3O2)ccc1Cl. The number of imide groups is 1. The van der Waals surface area contributed by atoms with Crippen LogP contribution in [-0.2, 0) is 38.1 Å². The lowest BCUT2D eigenvalue weighted by molar-refractivity contribution is -0.226. The van der Waals surface area contributed by atoms with Gasteiger partial charge in [-0.2, -0.15) is 0 Å². The molecule has 3 aliphatic rings. The van der Waals surface area contributed by atoms with Crippen molar-refractivity contribution in [2.75, 3.05) is 11.5 Å². The maximum atomic E-state index is 13.5. The molecule has 2 saturated heterocycles. The first-order valence-electron chi connectivity index (χ1n) is 10.2. The number of nitrogens with zero attached hydrogens (tertiary/aromatic N) is 1. The van der Waals surface area contributed by atoms with Gasteiger partial charge in [-0.05, 0) is 31.2 Å². The number of hydrogen-bond donors (Lipinski definition) is 0. The average molecular weight is 478 g/mol. The fraction of sp³-hybridized carbons (Fsp3) is 0.409. The van der Waals surface area contributed by atoms with Gasteiger partial charge in [0.15, 0.2) is 5.60 Å². The third-order valence-corrected chi connectivity index (χ3v) is 6.03. The molecule has 0 unspecified atom stereocenters. The van der Waals surface area contributed by atoms with E-state index in [1.807, 2.05) is 0 Å². The van der Waals surface area contributed by atoms with Gasteiger partial charge in [-0.3, -0.25) is 19.2 Å². The van der Waals surface area contributed by atoms with Gasteiger partial charge in [-0.25, -0.2) is 9.69 Å². The quantitative estimate of drug-likeness (QED) is 0.261. The van der Waals surface area contributed by atoms with E-state index in [0.717, 1.165) is 18.7 Å². The van der Waals surface area contributed by atoms with Crippen LogP contribution in [0.2, 0.25) is 5.02 Å². The lowest BCUT2D eigenvalue weighted by Crippen LogP contribution is -2.52. The summed E-state index contributed by atoms with van der Waals surface area (Å²) in [5.74, 6) is -5.49. The number of fused-ring (bicyclic) bond motifs is 5. The Morgan fingerprint density at radius 1 is 1.15 bits per heavy atom. The zero-order chi connectivity index (χ0) is 24.1. The molecule has 11 heteroatoms. The number of carbonyl (C=O) groups excluding carboxylic acids is 5. The minimum atomic E-state index is -1.66. The maximum absolute atomic E-state index is 13.5. The second-order valence-electron chi connectivity index (χ2n) is 7.75. The Morgan fingerprint density at radius 3 is 2.42 bits per heavy atom. The molecule has 3 aliphatic heterocycles. The molecule has 1 aromatic carbocycles. The van der Waals surface area contributed by atoms with Crippen molar-refractivity contribution in [1.29, 1.82) is 0 Å². The molecule has 33 heavy (non-hydrogen) atoms. The first-order chi connectivity index (χ1) is 15.6. The van der Waals surface area contributed by atoms with E-state index in [4.69, 9.17) is 30.5 Å². The zero-order valence-corrected chi connectivity index (χ0v) is 18.7. The summed E-state index contributed by atoms with van der Waals surface area (Å²) in [6.07, 6.45) is 0.695. The summed E-state index contributed by atoms with van der Waals surface area (Å²) in [5.41, 5.74) is -1.54. The number of amides is 2. The summed E-state index contributed by atoms with van der Waals surface area (Å²) in [4.78, 5) is 63.3. The van der Waals surface area contributed by atoms with Crippen LogP contribution >= 0.6 is 11.6 Å². The Bertz CT molecular complexity index is 1080. The molecule has 10 nitrogen and oxygen atoms in total. The summed E-state index contributed by atoms with van der Waals surface area (Å²) in [6.45, 7) is 3.99. The van der Waals surface area contributed by atoms with E-state index in [9.17, 15) is 24.0 Å². The normalized spacial score (nSPS) is 27.2. The van der Waals surface area contributed by atoms with E-state index in [1.165, 1.54) is 24.3 Å². The van der Waals surface area contributed by atoms with Crippen molar-refractivity contribution in [3.63, 3.8) is 0 Å². The summed E-state index contributed by atoms with van der Waals surface area (Å²) < 4.78 is 21.2. The highest BCUT2D eigenvalue weighted by Gasteiger charge is 2.72. The van der Waals surface area contributed by atoms with Gasteiger partial charge in [0, 0.05) is 13.8 Å². The maximum Gasteiger partial charge on any atom is 0.339 e. The van der Waals surface area contributed by atoms with Gasteiger partial charge in [0.1, 0.15) is 0 Å². The molecule has 2 bridgehead atoms. The van der Waals surface area contributed by atoms with Crippen LogP contribution in [0.15, 0.2) is 30.4 Å². The molecule has 2 fully saturated rings. The highest BCUT2D eigenvalue weighted by Crippen LogP contribution is 2.54. The lowest BCUT2D eigenvalue weighted by Gasteiger charge is -2.34. The van der Waals surface area contributed by atoms with Crippen LogP contribution in [0.1, 0.15) is 31.1 Å². The van der Waals surface area contributed by atoms with Gasteiger partial charge in [0.05, 0.1) is 40.8 Å². The zero-order valence-electron chi connectivity index (χ0n) is 17.9.